The number of carbonyl (C=O) groups excluding carboxylic acids is 3. The van der Waals surface area contributed by atoms with Crippen LogP contribution in [0.2, 0.25) is 0 Å². The van der Waals surface area contributed by atoms with Crippen LogP contribution in [0.1, 0.15) is 51.9 Å². The van der Waals surface area contributed by atoms with Crippen LogP contribution < -0.4 is 15.4 Å². The molecule has 3 fully saturated rings. The number of hydrogen-bond acceptors (Lipinski definition) is 6. The van der Waals surface area contributed by atoms with Crippen LogP contribution in [0.15, 0.2) is 36.4 Å². The summed E-state index contributed by atoms with van der Waals surface area (Å²) in [5.74, 6) is -1.48. The van der Waals surface area contributed by atoms with Gasteiger partial charge in [0.2, 0.25) is 17.7 Å². The molecule has 3 amide bonds. The number of ether oxygens (including phenoxy) is 2. The fourth-order valence-corrected chi connectivity index (χ4v) is 6.78. The van der Waals surface area contributed by atoms with Crippen molar-refractivity contribution in [2.75, 3.05) is 39.1 Å². The molecule has 5 rings (SSSR count). The van der Waals surface area contributed by atoms with Gasteiger partial charge in [-0.2, -0.15) is 0 Å². The van der Waals surface area contributed by atoms with E-state index < -0.39 is 29.6 Å². The van der Waals surface area contributed by atoms with Crippen LogP contribution in [0.25, 0.3) is 0 Å². The number of hydrogen-bond donors (Lipinski definition) is 2. The Morgan fingerprint density at radius 1 is 1.18 bits per heavy atom. The van der Waals surface area contributed by atoms with Gasteiger partial charge in [-0.1, -0.05) is 50.8 Å². The van der Waals surface area contributed by atoms with E-state index >= 15 is 0 Å². The van der Waals surface area contributed by atoms with E-state index in [-0.39, 0.29) is 23.8 Å². The number of unbranched alkanes of at least 4 members (excludes halogenated alkanes) is 1. The zero-order valence-electron chi connectivity index (χ0n) is 23.4. The first-order chi connectivity index (χ1) is 18.9. The van der Waals surface area contributed by atoms with Crippen LogP contribution in [-0.4, -0.2) is 85.1 Å². The molecule has 4 aliphatic rings. The van der Waals surface area contributed by atoms with Gasteiger partial charge in [-0.25, -0.2) is 0 Å². The maximum absolute atomic E-state index is 14.1. The molecule has 212 valence electrons. The van der Waals surface area contributed by atoms with Gasteiger partial charge in [0.15, 0.2) is 0 Å². The van der Waals surface area contributed by atoms with Gasteiger partial charge in [0.1, 0.15) is 17.4 Å². The first-order valence-electron chi connectivity index (χ1n) is 14.5. The van der Waals surface area contributed by atoms with Gasteiger partial charge in [0, 0.05) is 30.9 Å². The third-order valence-corrected chi connectivity index (χ3v) is 8.83. The molecule has 2 N–H and O–H groups in total. The summed E-state index contributed by atoms with van der Waals surface area (Å²) >= 11 is 0. The lowest BCUT2D eigenvalue weighted by Gasteiger charge is -2.34. The van der Waals surface area contributed by atoms with E-state index in [1.807, 2.05) is 19.2 Å². The lowest BCUT2D eigenvalue weighted by Crippen LogP contribution is -2.57. The second-order valence-electron chi connectivity index (χ2n) is 11.5. The number of likely N-dealkylation sites (N-methyl/N-ethyl adjacent to an activating group) is 1. The Bertz CT molecular complexity index is 1100. The summed E-state index contributed by atoms with van der Waals surface area (Å²) in [7, 11) is 3.61. The molecule has 2 bridgehead atoms. The van der Waals surface area contributed by atoms with Crippen molar-refractivity contribution < 1.29 is 23.9 Å². The van der Waals surface area contributed by atoms with Gasteiger partial charge in [-0.15, -0.1) is 0 Å². The number of methoxy groups -OCH3 is 1. The first-order valence-corrected chi connectivity index (χ1v) is 14.5. The number of anilines is 1. The topological polar surface area (TPSA) is 100 Å². The molecule has 0 aromatic heterocycles. The summed E-state index contributed by atoms with van der Waals surface area (Å²) in [6.45, 7) is 4.14. The van der Waals surface area contributed by atoms with Crippen LogP contribution in [0.4, 0.5) is 5.69 Å². The Morgan fingerprint density at radius 3 is 2.72 bits per heavy atom. The van der Waals surface area contributed by atoms with Crippen molar-refractivity contribution in [2.45, 2.75) is 75.7 Å². The highest BCUT2D eigenvalue weighted by atomic mass is 16.5. The monoisotopic (exact) mass is 538 g/mol. The highest BCUT2D eigenvalue weighted by Crippen LogP contribution is 2.55. The Labute approximate surface area is 231 Å². The molecule has 0 radical (unpaired) electrons. The lowest BCUT2D eigenvalue weighted by molar-refractivity contribution is -0.141. The quantitative estimate of drug-likeness (QED) is 0.420. The third kappa shape index (κ3) is 5.31. The van der Waals surface area contributed by atoms with E-state index in [4.69, 9.17) is 9.47 Å². The summed E-state index contributed by atoms with van der Waals surface area (Å²) in [5, 5.41) is 6.20. The van der Waals surface area contributed by atoms with E-state index in [0.29, 0.717) is 24.5 Å². The van der Waals surface area contributed by atoms with E-state index in [9.17, 15) is 14.4 Å². The maximum Gasteiger partial charge on any atom is 0.246 e. The molecule has 0 unspecified atom stereocenters. The molecule has 3 aliphatic heterocycles. The van der Waals surface area contributed by atoms with Crippen molar-refractivity contribution in [3.8, 4) is 5.75 Å². The number of amides is 3. The van der Waals surface area contributed by atoms with E-state index in [1.165, 1.54) is 6.42 Å². The molecular weight excluding hydrogens is 496 g/mol. The molecule has 39 heavy (non-hydrogen) atoms. The van der Waals surface area contributed by atoms with Crippen LogP contribution in [0.3, 0.4) is 0 Å². The van der Waals surface area contributed by atoms with Gasteiger partial charge in [-0.3, -0.25) is 14.4 Å². The molecule has 1 saturated carbocycles. The molecule has 9 heteroatoms. The van der Waals surface area contributed by atoms with Crippen LogP contribution >= 0.6 is 0 Å². The number of benzene rings is 1. The van der Waals surface area contributed by atoms with Crippen molar-refractivity contribution in [1.82, 2.24) is 15.1 Å². The predicted octanol–water partition coefficient (Wildman–Crippen LogP) is 2.97. The van der Waals surface area contributed by atoms with Crippen molar-refractivity contribution in [3.63, 3.8) is 0 Å². The first kappa shape index (κ1) is 27.6. The van der Waals surface area contributed by atoms with E-state index in [1.54, 1.807) is 36.3 Å². The largest absolute Gasteiger partial charge is 0.497 e. The number of fused-ring (bicyclic) bond motifs is 1. The number of likely N-dealkylation sites (tertiary alicyclic amines) is 1. The molecule has 1 aromatic rings. The molecule has 1 aliphatic carbocycles. The maximum atomic E-state index is 14.1. The SMILES string of the molecule is CCCCN(C)CCN1C(=O)[C@@H]2[C@@H](C(=O)Nc3cccc(OC)c3)[C@@H]3C=C[C@@]2(O3)[C@H]1C(=O)NC1CCCCC1. The van der Waals surface area contributed by atoms with Crippen molar-refractivity contribution in [3.05, 3.63) is 36.4 Å². The number of nitrogens with zero attached hydrogens (tertiary/aromatic N) is 2. The molecule has 2 saturated heterocycles. The predicted molar refractivity (Wildman–Crippen MR) is 148 cm³/mol. The second kappa shape index (κ2) is 11.7. The highest BCUT2D eigenvalue weighted by Gasteiger charge is 2.72. The zero-order chi connectivity index (χ0) is 27.6. The molecule has 1 aromatic carbocycles. The Morgan fingerprint density at radius 2 is 1.97 bits per heavy atom. The Kier molecular flexibility index (Phi) is 8.28. The average Bonchev–Trinajstić information content (AvgIpc) is 3.58. The minimum absolute atomic E-state index is 0.112. The highest BCUT2D eigenvalue weighted by molar-refractivity contribution is 6.02. The fraction of sp³-hybridized carbons (Fsp3) is 0.633. The van der Waals surface area contributed by atoms with Crippen molar-refractivity contribution in [2.24, 2.45) is 11.8 Å². The normalized spacial score (nSPS) is 29.6. The van der Waals surface area contributed by atoms with Gasteiger partial charge >= 0.3 is 0 Å². The summed E-state index contributed by atoms with van der Waals surface area (Å²) in [5.41, 5.74) is -0.551. The number of carbonyl (C=O) groups is 3. The number of rotatable bonds is 11. The van der Waals surface area contributed by atoms with Gasteiger partial charge in [-0.05, 0) is 45.0 Å². The molecule has 9 nitrogen and oxygen atoms in total. The van der Waals surface area contributed by atoms with Gasteiger partial charge in [0.05, 0.1) is 25.0 Å². The Balaban J connectivity index is 1.40. The summed E-state index contributed by atoms with van der Waals surface area (Å²) in [4.78, 5) is 45.5. The molecule has 1 spiro atoms. The summed E-state index contributed by atoms with van der Waals surface area (Å²) < 4.78 is 11.7. The van der Waals surface area contributed by atoms with Crippen LogP contribution in [0.5, 0.6) is 5.75 Å². The van der Waals surface area contributed by atoms with E-state index in [2.05, 4.69) is 22.5 Å². The van der Waals surface area contributed by atoms with Gasteiger partial charge in [0.25, 0.3) is 0 Å². The third-order valence-electron chi connectivity index (χ3n) is 8.83. The van der Waals surface area contributed by atoms with Crippen LogP contribution in [-0.2, 0) is 19.1 Å². The van der Waals surface area contributed by atoms with E-state index in [0.717, 1.165) is 45.1 Å². The fourth-order valence-electron chi connectivity index (χ4n) is 6.78. The summed E-state index contributed by atoms with van der Waals surface area (Å²) in [6, 6.07) is 6.45. The smallest absolute Gasteiger partial charge is 0.246 e. The second-order valence-corrected chi connectivity index (χ2v) is 11.5. The Hall–Kier alpha value is -2.91. The number of nitrogens with one attached hydrogen (secondary N) is 2. The lowest BCUT2D eigenvalue weighted by atomic mass is 9.74. The van der Waals surface area contributed by atoms with Crippen molar-refractivity contribution in [1.29, 1.82) is 0 Å². The summed E-state index contributed by atoms with van der Waals surface area (Å²) in [6.07, 6.45) is 10.6. The standard InChI is InChI=1S/C30H42N4O5/c1-4-5-16-33(2)17-18-34-26(28(36)31-20-10-7-6-8-11-20)30-15-14-23(39-30)24(25(30)29(34)37)27(35)32-21-12-9-13-22(19-21)38-3/h9,12-15,19-20,23-26H,4-8,10-11,16-18H2,1-3H3,(H,31,36)(H,32,35)/t23-,24-,25-,26+,30-/m0/s1. The van der Waals surface area contributed by atoms with Crippen molar-refractivity contribution >= 4 is 23.4 Å². The average molecular weight is 539 g/mol. The zero-order valence-corrected chi connectivity index (χ0v) is 23.4. The minimum atomic E-state index is -1.14. The van der Waals surface area contributed by atoms with Crippen LogP contribution in [0, 0.1) is 11.8 Å². The molecular formula is C30H42N4O5. The minimum Gasteiger partial charge on any atom is -0.497 e. The molecule has 3 heterocycles. The molecule has 5 atom stereocenters. The van der Waals surface area contributed by atoms with Gasteiger partial charge < -0.3 is 29.9 Å².